The molecule has 1 saturated carbocycles. The standard InChI is InChI=1S/C24H26N10O2/c1-14(2)29-20-8-22(34-23-16(11-28-34)7-15(9-25)10-27-23)26-12-19(20)21-13-33(32-31-21)18-5-3-17(4-6-18)30-24(35)36/h7-8,10-14,17-18,30H,3-6H2,1-2H3,(H,26,29)(H,35,36)/t17-,18-. The first kappa shape index (κ1) is 23.2. The first-order valence-corrected chi connectivity index (χ1v) is 11.8. The Bertz CT molecular complexity index is 1440. The summed E-state index contributed by atoms with van der Waals surface area (Å²) in [6.07, 6.45) is 9.07. The Morgan fingerprint density at radius 1 is 1.17 bits per heavy atom. The Balaban J connectivity index is 1.42. The molecule has 1 aliphatic rings. The van der Waals surface area contributed by atoms with E-state index in [1.807, 2.05) is 16.9 Å². The summed E-state index contributed by atoms with van der Waals surface area (Å²) in [6, 6.07) is 6.07. The normalized spacial score (nSPS) is 17.7. The molecule has 0 atom stereocenters. The SMILES string of the molecule is CC(C)Nc1cc(-n2ncc3cc(C#N)cnc32)ncc1-c1cn([C@H]2CC[C@H](NC(=O)O)CC2)nn1. The first-order valence-electron chi connectivity index (χ1n) is 11.8. The molecule has 0 radical (unpaired) electrons. The highest BCUT2D eigenvalue weighted by Gasteiger charge is 2.25. The van der Waals surface area contributed by atoms with Crippen molar-refractivity contribution in [1.82, 2.24) is 40.1 Å². The average Bonchev–Trinajstić information content (AvgIpc) is 3.51. The van der Waals surface area contributed by atoms with E-state index in [2.05, 4.69) is 55.9 Å². The molecule has 0 aromatic carbocycles. The molecule has 184 valence electrons. The lowest BCUT2D eigenvalue weighted by Gasteiger charge is -2.28. The van der Waals surface area contributed by atoms with Crippen LogP contribution in [0.1, 0.15) is 51.1 Å². The van der Waals surface area contributed by atoms with Crippen LogP contribution in [0.4, 0.5) is 10.5 Å². The molecule has 0 spiro atoms. The fraction of sp³-hybridized carbons (Fsp3) is 0.375. The summed E-state index contributed by atoms with van der Waals surface area (Å²) in [4.78, 5) is 19.9. The van der Waals surface area contributed by atoms with E-state index in [9.17, 15) is 4.79 Å². The van der Waals surface area contributed by atoms with E-state index in [4.69, 9.17) is 10.4 Å². The Morgan fingerprint density at radius 3 is 2.69 bits per heavy atom. The zero-order valence-corrected chi connectivity index (χ0v) is 20.0. The third-order valence-electron chi connectivity index (χ3n) is 6.27. The molecule has 12 heteroatoms. The molecule has 0 saturated heterocycles. The second-order valence-corrected chi connectivity index (χ2v) is 9.23. The van der Waals surface area contributed by atoms with Crippen LogP contribution in [0.3, 0.4) is 0 Å². The Labute approximate surface area is 207 Å². The van der Waals surface area contributed by atoms with Gasteiger partial charge in [-0.2, -0.15) is 15.0 Å². The van der Waals surface area contributed by atoms with Gasteiger partial charge in [0.15, 0.2) is 11.5 Å². The van der Waals surface area contributed by atoms with Crippen LogP contribution in [-0.4, -0.2) is 58.0 Å². The van der Waals surface area contributed by atoms with E-state index in [0.29, 0.717) is 22.7 Å². The Hall–Kier alpha value is -4.53. The minimum Gasteiger partial charge on any atom is -0.465 e. The number of fused-ring (bicyclic) bond motifs is 1. The van der Waals surface area contributed by atoms with Crippen LogP contribution in [-0.2, 0) is 0 Å². The van der Waals surface area contributed by atoms with Crippen LogP contribution in [0.5, 0.6) is 0 Å². The molecule has 4 heterocycles. The molecule has 1 fully saturated rings. The van der Waals surface area contributed by atoms with Gasteiger partial charge in [0.05, 0.1) is 24.0 Å². The fourth-order valence-corrected chi connectivity index (χ4v) is 4.58. The predicted molar refractivity (Wildman–Crippen MR) is 132 cm³/mol. The number of carbonyl (C=O) groups is 1. The highest BCUT2D eigenvalue weighted by Crippen LogP contribution is 2.32. The van der Waals surface area contributed by atoms with Crippen LogP contribution in [0.25, 0.3) is 28.1 Å². The Morgan fingerprint density at radius 2 is 1.97 bits per heavy atom. The zero-order chi connectivity index (χ0) is 25.2. The maximum Gasteiger partial charge on any atom is 0.404 e. The van der Waals surface area contributed by atoms with Gasteiger partial charge in [0.25, 0.3) is 0 Å². The number of nitrogens with one attached hydrogen (secondary N) is 2. The molecule has 4 aromatic heterocycles. The molecule has 3 N–H and O–H groups in total. The third-order valence-corrected chi connectivity index (χ3v) is 6.27. The number of anilines is 1. The van der Waals surface area contributed by atoms with Crippen molar-refractivity contribution < 1.29 is 9.90 Å². The highest BCUT2D eigenvalue weighted by molar-refractivity contribution is 5.79. The minimum absolute atomic E-state index is 0.0142. The van der Waals surface area contributed by atoms with Gasteiger partial charge in [0.1, 0.15) is 11.8 Å². The first-order chi connectivity index (χ1) is 17.4. The van der Waals surface area contributed by atoms with Crippen molar-refractivity contribution in [3.8, 4) is 23.1 Å². The van der Waals surface area contributed by atoms with Crippen molar-refractivity contribution in [3.63, 3.8) is 0 Å². The van der Waals surface area contributed by atoms with Crippen molar-refractivity contribution in [3.05, 3.63) is 42.5 Å². The number of hydrogen-bond acceptors (Lipinski definition) is 8. The van der Waals surface area contributed by atoms with Gasteiger partial charge in [-0.15, -0.1) is 5.10 Å². The summed E-state index contributed by atoms with van der Waals surface area (Å²) in [5.41, 5.74) is 3.45. The molecule has 1 amide bonds. The van der Waals surface area contributed by atoms with Gasteiger partial charge >= 0.3 is 6.09 Å². The highest BCUT2D eigenvalue weighted by atomic mass is 16.4. The number of nitriles is 1. The van der Waals surface area contributed by atoms with Crippen molar-refractivity contribution in [2.24, 2.45) is 0 Å². The van der Waals surface area contributed by atoms with Crippen molar-refractivity contribution in [1.29, 1.82) is 5.26 Å². The molecule has 4 aromatic rings. The van der Waals surface area contributed by atoms with Gasteiger partial charge < -0.3 is 15.7 Å². The van der Waals surface area contributed by atoms with Crippen LogP contribution in [0, 0.1) is 11.3 Å². The van der Waals surface area contributed by atoms with Gasteiger partial charge in [0.2, 0.25) is 0 Å². The largest absolute Gasteiger partial charge is 0.465 e. The monoisotopic (exact) mass is 486 g/mol. The van der Waals surface area contributed by atoms with E-state index in [1.54, 1.807) is 23.1 Å². The van der Waals surface area contributed by atoms with Gasteiger partial charge in [0, 0.05) is 47.2 Å². The number of hydrogen-bond donors (Lipinski definition) is 3. The number of nitrogens with zero attached hydrogens (tertiary/aromatic N) is 8. The quantitative estimate of drug-likeness (QED) is 0.370. The minimum atomic E-state index is -0.978. The van der Waals surface area contributed by atoms with Gasteiger partial charge in [-0.25, -0.2) is 19.4 Å². The molecular weight excluding hydrogens is 460 g/mol. The topological polar surface area (TPSA) is 159 Å². The molecule has 0 bridgehead atoms. The average molecular weight is 487 g/mol. The second kappa shape index (κ2) is 9.61. The molecule has 1 aliphatic carbocycles. The van der Waals surface area contributed by atoms with E-state index in [1.165, 1.54) is 6.20 Å². The van der Waals surface area contributed by atoms with Gasteiger partial charge in [-0.05, 0) is 45.6 Å². The lowest BCUT2D eigenvalue weighted by molar-refractivity contribution is 0.181. The number of pyridine rings is 2. The maximum atomic E-state index is 10.9. The second-order valence-electron chi connectivity index (χ2n) is 9.23. The van der Waals surface area contributed by atoms with E-state index in [-0.39, 0.29) is 18.1 Å². The van der Waals surface area contributed by atoms with Crippen LogP contribution in [0.2, 0.25) is 0 Å². The summed E-state index contributed by atoms with van der Waals surface area (Å²) >= 11 is 0. The van der Waals surface area contributed by atoms with Crippen LogP contribution in [0.15, 0.2) is 36.9 Å². The molecule has 36 heavy (non-hydrogen) atoms. The molecule has 5 rings (SSSR count). The smallest absolute Gasteiger partial charge is 0.404 e. The van der Waals surface area contributed by atoms with E-state index in [0.717, 1.165) is 42.3 Å². The van der Waals surface area contributed by atoms with Crippen molar-refractivity contribution >= 4 is 22.8 Å². The third kappa shape index (κ3) is 4.68. The van der Waals surface area contributed by atoms with E-state index < -0.39 is 6.09 Å². The summed E-state index contributed by atoms with van der Waals surface area (Å²) in [7, 11) is 0. The maximum absolute atomic E-state index is 10.9. The summed E-state index contributed by atoms with van der Waals surface area (Å²) in [5, 5.41) is 38.1. The summed E-state index contributed by atoms with van der Waals surface area (Å²) in [5.74, 6) is 0.589. The number of carboxylic acid groups (broad SMARTS) is 1. The zero-order valence-electron chi connectivity index (χ0n) is 20.0. The van der Waals surface area contributed by atoms with Crippen LogP contribution < -0.4 is 10.6 Å². The van der Waals surface area contributed by atoms with Gasteiger partial charge in [-0.3, -0.25) is 0 Å². The molecule has 12 nitrogen and oxygen atoms in total. The predicted octanol–water partition coefficient (Wildman–Crippen LogP) is 3.52. The molecular formula is C24H26N10O2. The molecule has 0 unspecified atom stereocenters. The van der Waals surface area contributed by atoms with Gasteiger partial charge in [-0.1, -0.05) is 5.21 Å². The lowest BCUT2D eigenvalue weighted by atomic mass is 9.91. The number of amides is 1. The summed E-state index contributed by atoms with van der Waals surface area (Å²) in [6.45, 7) is 4.11. The van der Waals surface area contributed by atoms with Crippen molar-refractivity contribution in [2.75, 3.05) is 5.32 Å². The fourth-order valence-electron chi connectivity index (χ4n) is 4.58. The van der Waals surface area contributed by atoms with E-state index >= 15 is 0 Å². The molecule has 0 aliphatic heterocycles. The summed E-state index contributed by atoms with van der Waals surface area (Å²) < 4.78 is 3.52. The Kier molecular flexibility index (Phi) is 6.20. The van der Waals surface area contributed by atoms with Crippen molar-refractivity contribution in [2.45, 2.75) is 57.7 Å². The lowest BCUT2D eigenvalue weighted by Crippen LogP contribution is -2.37. The number of rotatable bonds is 6. The van der Waals surface area contributed by atoms with Crippen LogP contribution >= 0.6 is 0 Å². The number of aromatic nitrogens is 7.